The van der Waals surface area contributed by atoms with Crippen LogP contribution in [0.3, 0.4) is 0 Å². The van der Waals surface area contributed by atoms with Crippen molar-refractivity contribution in [2.75, 3.05) is 24.3 Å². The molecule has 1 saturated carbocycles. The minimum Gasteiger partial charge on any atom is -0.313 e. The molecule has 0 spiro atoms. The number of hydrogen-bond donors (Lipinski definition) is 1. The second-order valence-corrected chi connectivity index (χ2v) is 9.98. The summed E-state index contributed by atoms with van der Waals surface area (Å²) in [5.74, 6) is -0.521. The summed E-state index contributed by atoms with van der Waals surface area (Å²) < 4.78 is 46.9. The Morgan fingerprint density at radius 1 is 1.05 bits per heavy atom. The van der Waals surface area contributed by atoms with Crippen LogP contribution in [0.25, 0.3) is 0 Å². The van der Waals surface area contributed by atoms with Crippen LogP contribution in [0, 0.1) is 0 Å². The van der Waals surface area contributed by atoms with Crippen molar-refractivity contribution in [3.63, 3.8) is 0 Å². The largest absolute Gasteiger partial charge is 0.313 e. The highest BCUT2D eigenvalue weighted by Crippen LogP contribution is 2.25. The lowest BCUT2D eigenvalue weighted by Crippen LogP contribution is -2.47. The monoisotopic (exact) mass is 311 g/mol. The minimum absolute atomic E-state index is 0.0155. The summed E-state index contributed by atoms with van der Waals surface area (Å²) >= 11 is 0. The Hall–Kier alpha value is -0.140. The molecule has 19 heavy (non-hydrogen) atoms. The molecular weight excluding hydrogens is 286 g/mol. The van der Waals surface area contributed by atoms with Crippen LogP contribution in [0.4, 0.5) is 0 Å². The topological polar surface area (TPSA) is 80.3 Å². The molecule has 114 valence electrons. The quantitative estimate of drug-likeness (QED) is 0.750. The first-order valence-electron chi connectivity index (χ1n) is 6.89. The molecule has 0 radical (unpaired) electrons. The van der Waals surface area contributed by atoms with E-state index in [1.54, 1.807) is 0 Å². The molecule has 1 N–H and O–H groups in total. The number of sulfone groups is 2. The zero-order valence-corrected chi connectivity index (χ0v) is 13.4. The second kappa shape index (κ2) is 7.04. The lowest BCUT2D eigenvalue weighted by atomic mass is 9.95. The fourth-order valence-corrected chi connectivity index (χ4v) is 6.21. The van der Waals surface area contributed by atoms with Gasteiger partial charge in [0.15, 0.2) is 9.84 Å². The maximum atomic E-state index is 12.3. The molecular formula is C12H25NO4S2. The van der Waals surface area contributed by atoms with Crippen molar-refractivity contribution in [1.29, 1.82) is 0 Å². The van der Waals surface area contributed by atoms with Crippen LogP contribution < -0.4 is 5.32 Å². The predicted octanol–water partition coefficient (Wildman–Crippen LogP) is 0.757. The summed E-state index contributed by atoms with van der Waals surface area (Å²) in [6.45, 7) is 2.85. The lowest BCUT2D eigenvalue weighted by molar-refractivity contribution is 0.371. The molecule has 7 heteroatoms. The van der Waals surface area contributed by atoms with Crippen molar-refractivity contribution in [3.8, 4) is 0 Å². The van der Waals surface area contributed by atoms with Gasteiger partial charge in [-0.1, -0.05) is 19.8 Å². The van der Waals surface area contributed by atoms with E-state index in [0.717, 1.165) is 38.5 Å². The van der Waals surface area contributed by atoms with E-state index in [-0.39, 0.29) is 17.5 Å². The molecule has 0 aromatic heterocycles. The van der Waals surface area contributed by atoms with E-state index < -0.39 is 24.9 Å². The van der Waals surface area contributed by atoms with E-state index >= 15 is 0 Å². The molecule has 0 saturated heterocycles. The Balaban J connectivity index is 2.72. The number of rotatable bonds is 7. The van der Waals surface area contributed by atoms with Crippen molar-refractivity contribution in [3.05, 3.63) is 0 Å². The summed E-state index contributed by atoms with van der Waals surface area (Å²) in [5.41, 5.74) is 0. The third kappa shape index (κ3) is 5.79. The van der Waals surface area contributed by atoms with Crippen molar-refractivity contribution in [2.45, 2.75) is 50.3 Å². The SMILES string of the molecule is CCCNC1CCCCC1S(=O)(=O)CCS(C)(=O)=O. The third-order valence-electron chi connectivity index (χ3n) is 3.56. The van der Waals surface area contributed by atoms with Gasteiger partial charge in [0.2, 0.25) is 0 Å². The Morgan fingerprint density at radius 3 is 2.26 bits per heavy atom. The van der Waals surface area contributed by atoms with Gasteiger partial charge >= 0.3 is 0 Å². The third-order valence-corrected chi connectivity index (χ3v) is 7.02. The molecule has 2 atom stereocenters. The molecule has 1 fully saturated rings. The molecule has 1 aliphatic carbocycles. The van der Waals surface area contributed by atoms with E-state index in [1.165, 1.54) is 0 Å². The van der Waals surface area contributed by atoms with Crippen LogP contribution in [0.2, 0.25) is 0 Å². The van der Waals surface area contributed by atoms with Gasteiger partial charge in [-0.15, -0.1) is 0 Å². The molecule has 5 nitrogen and oxygen atoms in total. The van der Waals surface area contributed by atoms with Crippen LogP contribution in [-0.4, -0.2) is 52.4 Å². The van der Waals surface area contributed by atoms with Crippen molar-refractivity contribution < 1.29 is 16.8 Å². The Morgan fingerprint density at radius 2 is 1.68 bits per heavy atom. The average Bonchev–Trinajstić information content (AvgIpc) is 2.34. The van der Waals surface area contributed by atoms with Crippen LogP contribution in [-0.2, 0) is 19.7 Å². The standard InChI is InChI=1S/C12H25NO4S2/c1-3-8-13-11-6-4-5-7-12(11)19(16,17)10-9-18(2,14)15/h11-13H,3-10H2,1-2H3. The smallest absolute Gasteiger partial charge is 0.155 e. The molecule has 1 rings (SSSR count). The van der Waals surface area contributed by atoms with E-state index in [1.807, 2.05) is 6.92 Å². The summed E-state index contributed by atoms with van der Waals surface area (Å²) in [5, 5.41) is 2.87. The first-order valence-corrected chi connectivity index (χ1v) is 10.7. The van der Waals surface area contributed by atoms with E-state index in [9.17, 15) is 16.8 Å². The highest BCUT2D eigenvalue weighted by atomic mass is 32.2. The van der Waals surface area contributed by atoms with E-state index in [0.29, 0.717) is 6.42 Å². The van der Waals surface area contributed by atoms with Crippen molar-refractivity contribution in [2.24, 2.45) is 0 Å². The Labute approximate surface area is 117 Å². The first kappa shape index (κ1) is 16.9. The van der Waals surface area contributed by atoms with Crippen LogP contribution >= 0.6 is 0 Å². The lowest BCUT2D eigenvalue weighted by Gasteiger charge is -2.32. The molecule has 0 aromatic carbocycles. The zero-order valence-electron chi connectivity index (χ0n) is 11.8. The van der Waals surface area contributed by atoms with Crippen LogP contribution in [0.5, 0.6) is 0 Å². The van der Waals surface area contributed by atoms with Gasteiger partial charge < -0.3 is 5.32 Å². The van der Waals surface area contributed by atoms with Gasteiger partial charge in [-0.05, 0) is 25.8 Å². The van der Waals surface area contributed by atoms with Gasteiger partial charge in [0.1, 0.15) is 9.84 Å². The molecule has 0 bridgehead atoms. The van der Waals surface area contributed by atoms with Gasteiger partial charge in [0, 0.05) is 12.3 Å². The molecule has 1 aliphatic rings. The normalized spacial score (nSPS) is 25.4. The molecule has 0 heterocycles. The average molecular weight is 311 g/mol. The van der Waals surface area contributed by atoms with Gasteiger partial charge in [0.25, 0.3) is 0 Å². The fourth-order valence-electron chi connectivity index (χ4n) is 2.51. The summed E-state index contributed by atoms with van der Waals surface area (Å²) in [6.07, 6.45) is 5.51. The van der Waals surface area contributed by atoms with Crippen LogP contribution in [0.15, 0.2) is 0 Å². The second-order valence-electron chi connectivity index (χ2n) is 5.38. The maximum Gasteiger partial charge on any atom is 0.155 e. The fraction of sp³-hybridized carbons (Fsp3) is 1.00. The summed E-state index contributed by atoms with van der Waals surface area (Å²) in [7, 11) is -6.57. The van der Waals surface area contributed by atoms with Gasteiger partial charge in [-0.25, -0.2) is 16.8 Å². The zero-order chi connectivity index (χ0) is 14.5. The summed E-state index contributed by atoms with van der Waals surface area (Å²) in [4.78, 5) is 0. The predicted molar refractivity (Wildman–Crippen MR) is 77.8 cm³/mol. The number of nitrogens with one attached hydrogen (secondary N) is 1. The van der Waals surface area contributed by atoms with Crippen molar-refractivity contribution >= 4 is 19.7 Å². The van der Waals surface area contributed by atoms with Gasteiger partial charge in [0.05, 0.1) is 16.8 Å². The molecule has 0 aliphatic heterocycles. The van der Waals surface area contributed by atoms with Gasteiger partial charge in [-0.3, -0.25) is 0 Å². The van der Waals surface area contributed by atoms with E-state index in [4.69, 9.17) is 0 Å². The summed E-state index contributed by atoms with van der Waals surface area (Å²) in [6, 6.07) is -0.0155. The molecule has 0 amide bonds. The Bertz CT molecular complexity index is 470. The highest BCUT2D eigenvalue weighted by Gasteiger charge is 2.35. The van der Waals surface area contributed by atoms with Gasteiger partial charge in [-0.2, -0.15) is 0 Å². The maximum absolute atomic E-state index is 12.3. The number of hydrogen-bond acceptors (Lipinski definition) is 5. The highest BCUT2D eigenvalue weighted by molar-refractivity contribution is 7.95. The Kier molecular flexibility index (Phi) is 6.26. The van der Waals surface area contributed by atoms with E-state index in [2.05, 4.69) is 5.32 Å². The first-order chi connectivity index (χ1) is 8.76. The molecule has 2 unspecified atom stereocenters. The molecule has 0 aromatic rings. The van der Waals surface area contributed by atoms with Crippen LogP contribution in [0.1, 0.15) is 39.0 Å². The minimum atomic E-state index is -3.34. The van der Waals surface area contributed by atoms with Crippen molar-refractivity contribution in [1.82, 2.24) is 5.32 Å².